The Labute approximate surface area is 203 Å². The van der Waals surface area contributed by atoms with Gasteiger partial charge in [-0.05, 0) is 17.7 Å². The molecule has 35 heavy (non-hydrogen) atoms. The molecule has 0 aliphatic carbocycles. The topological polar surface area (TPSA) is 83.6 Å². The molecule has 2 aliphatic heterocycles. The molecule has 0 unspecified atom stereocenters. The second-order valence-electron chi connectivity index (χ2n) is 8.42. The molecule has 8 nitrogen and oxygen atoms in total. The number of nitrogens with one attached hydrogen (secondary N) is 1. The predicted molar refractivity (Wildman–Crippen MR) is 120 cm³/mol. The molecule has 5 rings (SSSR count). The number of carbonyl (C=O) groups is 2. The van der Waals surface area contributed by atoms with Crippen LogP contribution < -0.4 is 5.32 Å². The lowest BCUT2D eigenvalue weighted by Gasteiger charge is -2.34. The summed E-state index contributed by atoms with van der Waals surface area (Å²) in [6, 6.07) is 9.33. The normalized spacial score (nSPS) is 20.3. The van der Waals surface area contributed by atoms with E-state index in [-0.39, 0.29) is 60.8 Å². The summed E-state index contributed by atoms with van der Waals surface area (Å²) in [5.41, 5.74) is 0.429. The van der Waals surface area contributed by atoms with Gasteiger partial charge < -0.3 is 19.5 Å². The number of hydrogen-bond acceptors (Lipinski definition) is 5. The number of nitrogens with zero attached hydrogens (tertiary/aromatic N) is 4. The van der Waals surface area contributed by atoms with Crippen LogP contribution in [0.25, 0.3) is 0 Å². The van der Waals surface area contributed by atoms with Gasteiger partial charge in [0.2, 0.25) is 0 Å². The summed E-state index contributed by atoms with van der Waals surface area (Å²) >= 11 is 6.43. The Morgan fingerprint density at radius 3 is 2.26 bits per heavy atom. The van der Waals surface area contributed by atoms with Crippen LogP contribution in [0.4, 0.5) is 19.0 Å². The largest absolute Gasteiger partial charge is 0.459 e. The van der Waals surface area contributed by atoms with Crippen molar-refractivity contribution >= 4 is 29.2 Å². The minimum atomic E-state index is -4.59. The van der Waals surface area contributed by atoms with Crippen LogP contribution in [-0.2, 0) is 0 Å². The molecule has 1 N–H and O–H groups in total. The van der Waals surface area contributed by atoms with Gasteiger partial charge in [0.05, 0.1) is 12.3 Å². The highest BCUT2D eigenvalue weighted by Crippen LogP contribution is 2.46. The molecular formula is C23H21ClF3N5O3. The van der Waals surface area contributed by atoms with Gasteiger partial charge in [-0.25, -0.2) is 4.68 Å². The van der Waals surface area contributed by atoms with Crippen molar-refractivity contribution in [1.82, 2.24) is 19.6 Å². The third-order valence-corrected chi connectivity index (χ3v) is 6.64. The lowest BCUT2D eigenvalue weighted by molar-refractivity contribution is -0.173. The minimum absolute atomic E-state index is 0.0379. The third-order valence-electron chi connectivity index (χ3n) is 6.29. The number of anilines is 1. The smallest absolute Gasteiger partial charge is 0.410 e. The van der Waals surface area contributed by atoms with Crippen molar-refractivity contribution in [3.8, 4) is 0 Å². The second-order valence-corrected chi connectivity index (χ2v) is 8.80. The number of hydrogen-bond donors (Lipinski definition) is 1. The highest BCUT2D eigenvalue weighted by atomic mass is 35.5. The van der Waals surface area contributed by atoms with Gasteiger partial charge in [-0.2, -0.15) is 18.3 Å². The fraction of sp³-hybridized carbons (Fsp3) is 0.348. The third kappa shape index (κ3) is 4.36. The summed E-state index contributed by atoms with van der Waals surface area (Å²) < 4.78 is 47.8. The molecule has 2 amide bonds. The van der Waals surface area contributed by atoms with Crippen molar-refractivity contribution in [1.29, 1.82) is 0 Å². The van der Waals surface area contributed by atoms with E-state index in [1.54, 1.807) is 47.4 Å². The monoisotopic (exact) mass is 507 g/mol. The minimum Gasteiger partial charge on any atom is -0.459 e. The van der Waals surface area contributed by atoms with Gasteiger partial charge >= 0.3 is 6.18 Å². The fourth-order valence-electron chi connectivity index (χ4n) is 4.45. The number of furan rings is 1. The number of aromatic nitrogens is 2. The molecule has 1 saturated heterocycles. The molecule has 2 atom stereocenters. The SMILES string of the molecule is O=C(c1ccco1)N1CCN(C(=O)c2nn3c(c2Cl)N[C@@H](c2ccccc2)C[C@H]3C(F)(F)F)CC1. The number of fused-ring (bicyclic) bond motifs is 1. The van der Waals surface area contributed by atoms with Crippen molar-refractivity contribution in [2.75, 3.05) is 31.5 Å². The molecule has 0 radical (unpaired) electrons. The standard InChI is InChI=1S/C23H21ClF3N5O3/c24-18-19(22(34)31-10-8-30(9-11-31)21(33)16-7-4-12-35-16)29-32-17(23(25,26)27)13-15(28-20(18)32)14-5-2-1-3-6-14/h1-7,12,15,17,28H,8-11,13H2/t15-,17+/m1/s1. The summed E-state index contributed by atoms with van der Waals surface area (Å²) in [6.07, 6.45) is -3.47. The van der Waals surface area contributed by atoms with Crippen LogP contribution in [-0.4, -0.2) is 63.7 Å². The van der Waals surface area contributed by atoms with E-state index in [1.165, 1.54) is 11.2 Å². The van der Waals surface area contributed by atoms with Crippen LogP contribution >= 0.6 is 11.6 Å². The number of carbonyl (C=O) groups excluding carboxylic acids is 2. The number of halogens is 4. The Morgan fingerprint density at radius 2 is 1.66 bits per heavy atom. The maximum Gasteiger partial charge on any atom is 0.410 e. The molecule has 184 valence electrons. The first-order chi connectivity index (χ1) is 16.7. The number of rotatable bonds is 3. The summed E-state index contributed by atoms with van der Waals surface area (Å²) in [5.74, 6) is -0.710. The first-order valence-corrected chi connectivity index (χ1v) is 11.4. The van der Waals surface area contributed by atoms with Crippen LogP contribution in [0, 0.1) is 0 Å². The van der Waals surface area contributed by atoms with Crippen molar-refractivity contribution in [3.05, 3.63) is 70.8 Å². The zero-order valence-corrected chi connectivity index (χ0v) is 19.1. The van der Waals surface area contributed by atoms with Crippen LogP contribution in [0.3, 0.4) is 0 Å². The van der Waals surface area contributed by atoms with E-state index in [2.05, 4.69) is 10.4 Å². The molecule has 2 aliphatic rings. The van der Waals surface area contributed by atoms with Crippen LogP contribution in [0.5, 0.6) is 0 Å². The average Bonchev–Trinajstić information content (AvgIpc) is 3.51. The molecular weight excluding hydrogens is 487 g/mol. The fourth-order valence-corrected chi connectivity index (χ4v) is 4.71. The van der Waals surface area contributed by atoms with E-state index in [9.17, 15) is 22.8 Å². The van der Waals surface area contributed by atoms with E-state index in [1.807, 2.05) is 0 Å². The van der Waals surface area contributed by atoms with Crippen LogP contribution in [0.15, 0.2) is 53.1 Å². The van der Waals surface area contributed by atoms with E-state index < -0.39 is 24.2 Å². The van der Waals surface area contributed by atoms with Crippen molar-refractivity contribution < 1.29 is 27.2 Å². The highest BCUT2D eigenvalue weighted by molar-refractivity contribution is 6.36. The Balaban J connectivity index is 1.37. The maximum atomic E-state index is 14.0. The summed E-state index contributed by atoms with van der Waals surface area (Å²) in [4.78, 5) is 28.6. The number of alkyl halides is 3. The van der Waals surface area contributed by atoms with E-state index in [0.29, 0.717) is 5.56 Å². The quantitative estimate of drug-likeness (QED) is 0.568. The Kier molecular flexibility index (Phi) is 5.96. The van der Waals surface area contributed by atoms with Crippen LogP contribution in [0.2, 0.25) is 5.02 Å². The van der Waals surface area contributed by atoms with E-state index in [4.69, 9.17) is 16.0 Å². The summed E-state index contributed by atoms with van der Waals surface area (Å²) in [6.45, 7) is 0.866. The molecule has 12 heteroatoms. The second kappa shape index (κ2) is 8.95. The van der Waals surface area contributed by atoms with E-state index in [0.717, 1.165) is 4.68 Å². The Morgan fingerprint density at radius 1 is 1.00 bits per heavy atom. The first kappa shape index (κ1) is 23.3. The van der Waals surface area contributed by atoms with Gasteiger partial charge in [-0.3, -0.25) is 9.59 Å². The first-order valence-electron chi connectivity index (χ1n) is 11.0. The van der Waals surface area contributed by atoms with Crippen LogP contribution in [0.1, 0.15) is 45.1 Å². The number of amides is 2. The Bertz CT molecular complexity index is 1220. The molecule has 0 bridgehead atoms. The van der Waals surface area contributed by atoms with Gasteiger partial charge in [0, 0.05) is 32.6 Å². The average molecular weight is 508 g/mol. The molecule has 2 aromatic heterocycles. The molecule has 0 saturated carbocycles. The van der Waals surface area contributed by atoms with Crippen molar-refractivity contribution in [2.24, 2.45) is 0 Å². The number of piperazine rings is 1. The van der Waals surface area contributed by atoms with Crippen molar-refractivity contribution in [2.45, 2.75) is 24.7 Å². The van der Waals surface area contributed by atoms with Gasteiger partial charge in [0.25, 0.3) is 11.8 Å². The maximum absolute atomic E-state index is 14.0. The molecule has 0 spiro atoms. The predicted octanol–water partition coefficient (Wildman–Crippen LogP) is 4.39. The van der Waals surface area contributed by atoms with Crippen molar-refractivity contribution in [3.63, 3.8) is 0 Å². The molecule has 4 heterocycles. The lowest BCUT2D eigenvalue weighted by Crippen LogP contribution is -2.50. The zero-order chi connectivity index (χ0) is 24.7. The summed E-state index contributed by atoms with van der Waals surface area (Å²) in [7, 11) is 0. The lowest BCUT2D eigenvalue weighted by atomic mass is 9.97. The molecule has 1 fully saturated rings. The van der Waals surface area contributed by atoms with E-state index >= 15 is 0 Å². The zero-order valence-electron chi connectivity index (χ0n) is 18.3. The molecule has 1 aromatic carbocycles. The number of benzene rings is 1. The Hall–Kier alpha value is -3.47. The van der Waals surface area contributed by atoms with Gasteiger partial charge in [0.15, 0.2) is 17.5 Å². The van der Waals surface area contributed by atoms with Gasteiger partial charge in [0.1, 0.15) is 10.8 Å². The summed E-state index contributed by atoms with van der Waals surface area (Å²) in [5, 5.41) is 6.89. The van der Waals surface area contributed by atoms with Gasteiger partial charge in [-0.1, -0.05) is 41.9 Å². The molecule has 3 aromatic rings. The van der Waals surface area contributed by atoms with Gasteiger partial charge in [-0.15, -0.1) is 0 Å². The highest BCUT2D eigenvalue weighted by Gasteiger charge is 2.48.